The molecule has 2 unspecified atom stereocenters. The number of hydrogen-bond donors (Lipinski definition) is 5. The Hall–Kier alpha value is -3.22. The predicted octanol–water partition coefficient (Wildman–Crippen LogP) is 0.0477. The number of ether oxygens (including phenoxy) is 4. The van der Waals surface area contributed by atoms with Crippen LogP contribution in [0.25, 0.3) is 15.7 Å². The number of rotatable bonds is 13. The quantitative estimate of drug-likeness (QED) is 0.174. The molecule has 5 N–H and O–H groups in total. The highest BCUT2D eigenvalue weighted by atomic mass is 16.7. The van der Waals surface area contributed by atoms with Crippen LogP contribution in [0.15, 0.2) is 36.4 Å². The molecule has 0 aromatic heterocycles. The average Bonchev–Trinajstić information content (AvgIpc) is 2.92. The summed E-state index contributed by atoms with van der Waals surface area (Å²) >= 11 is 0. The van der Waals surface area contributed by atoms with E-state index in [4.69, 9.17) is 24.3 Å². The molecule has 3 rings (SSSR count). The van der Waals surface area contributed by atoms with Crippen LogP contribution in [0.2, 0.25) is 0 Å². The smallest absolute Gasteiger partial charge is 0.385 e. The molecule has 38 heavy (non-hydrogen) atoms. The molecule has 5 atom stereocenters. The van der Waals surface area contributed by atoms with Crippen molar-refractivity contribution < 1.29 is 43.9 Å². The molecule has 0 radical (unpaired) electrons. The van der Waals surface area contributed by atoms with Gasteiger partial charge in [-0.3, -0.25) is 9.59 Å². The molecular weight excluding hydrogens is 500 g/mol. The van der Waals surface area contributed by atoms with Crippen molar-refractivity contribution in [1.82, 2.24) is 10.6 Å². The van der Waals surface area contributed by atoms with Crippen molar-refractivity contribution in [3.05, 3.63) is 46.9 Å². The molecular formula is C25H33N4O9+. The van der Waals surface area contributed by atoms with E-state index in [9.17, 15) is 24.9 Å². The van der Waals surface area contributed by atoms with Crippen LogP contribution in [0.4, 0.5) is 5.69 Å². The highest BCUT2D eigenvalue weighted by Crippen LogP contribution is 2.23. The van der Waals surface area contributed by atoms with Crippen molar-refractivity contribution >= 4 is 28.3 Å². The van der Waals surface area contributed by atoms with Gasteiger partial charge in [0.1, 0.15) is 24.4 Å². The van der Waals surface area contributed by atoms with Gasteiger partial charge >= 0.3 is 5.69 Å². The van der Waals surface area contributed by atoms with Gasteiger partial charge in [0.15, 0.2) is 11.3 Å². The van der Waals surface area contributed by atoms with E-state index in [0.29, 0.717) is 17.8 Å². The van der Waals surface area contributed by atoms with E-state index >= 15 is 0 Å². The van der Waals surface area contributed by atoms with Gasteiger partial charge in [-0.2, -0.15) is 0 Å². The van der Waals surface area contributed by atoms with Crippen molar-refractivity contribution in [1.29, 1.82) is 5.39 Å². The van der Waals surface area contributed by atoms with E-state index < -0.39 is 43.2 Å². The number of aliphatic hydroxyl groups is 3. The summed E-state index contributed by atoms with van der Waals surface area (Å²) in [5, 5.41) is 45.4. The SMILES string of the molecule is CC(=O)NC1[C@H](OCCOCCOCCNC(=O)c2ccc3cc([N+]#N)ccc3c2)OC(CO)[C@H](O)[C@@H]1O. The van der Waals surface area contributed by atoms with Crippen molar-refractivity contribution in [3.63, 3.8) is 0 Å². The summed E-state index contributed by atoms with van der Waals surface area (Å²) in [6, 6.07) is 9.37. The maximum atomic E-state index is 12.4. The molecule has 0 saturated carbocycles. The van der Waals surface area contributed by atoms with Crippen LogP contribution >= 0.6 is 0 Å². The average molecular weight is 534 g/mol. The Balaban J connectivity index is 1.28. The number of hydrogen-bond acceptors (Lipinski definition) is 10. The van der Waals surface area contributed by atoms with Crippen LogP contribution in [0.5, 0.6) is 0 Å². The van der Waals surface area contributed by atoms with Crippen molar-refractivity contribution in [2.45, 2.75) is 37.6 Å². The Morgan fingerprint density at radius 1 is 1.00 bits per heavy atom. The molecule has 2 aromatic rings. The third kappa shape index (κ3) is 8.14. The van der Waals surface area contributed by atoms with Gasteiger partial charge in [-0.05, 0) is 29.0 Å². The normalized spacial score (nSPS) is 23.1. The second-order valence-electron chi connectivity index (χ2n) is 8.63. The zero-order chi connectivity index (χ0) is 27.5. The Bertz CT molecular complexity index is 1130. The number of carbonyl (C=O) groups is 2. The number of fused-ring (bicyclic) bond motifs is 1. The summed E-state index contributed by atoms with van der Waals surface area (Å²) in [4.78, 5) is 26.9. The molecule has 1 fully saturated rings. The number of amides is 2. The monoisotopic (exact) mass is 533 g/mol. The summed E-state index contributed by atoms with van der Waals surface area (Å²) in [6.07, 6.45) is -4.87. The van der Waals surface area contributed by atoms with Crippen LogP contribution in [-0.4, -0.2) is 104 Å². The lowest BCUT2D eigenvalue weighted by molar-refractivity contribution is -0.272. The fraction of sp³-hybridized carbons (Fsp3) is 0.520. The van der Waals surface area contributed by atoms with Crippen molar-refractivity contribution in [2.24, 2.45) is 0 Å². The third-order valence-corrected chi connectivity index (χ3v) is 5.87. The topological polar surface area (TPSA) is 184 Å². The molecule has 13 heteroatoms. The highest BCUT2D eigenvalue weighted by molar-refractivity contribution is 5.99. The highest BCUT2D eigenvalue weighted by Gasteiger charge is 2.45. The van der Waals surface area contributed by atoms with E-state index in [1.807, 2.05) is 0 Å². The van der Waals surface area contributed by atoms with Gasteiger partial charge in [0.2, 0.25) is 11.3 Å². The van der Waals surface area contributed by atoms with Crippen molar-refractivity contribution in [2.75, 3.05) is 46.2 Å². The Morgan fingerprint density at radius 2 is 1.68 bits per heavy atom. The van der Waals surface area contributed by atoms with Gasteiger partial charge < -0.3 is 44.9 Å². The molecule has 206 valence electrons. The van der Waals surface area contributed by atoms with Gasteiger partial charge in [-0.15, -0.1) is 0 Å². The van der Waals surface area contributed by atoms with E-state index in [2.05, 4.69) is 15.6 Å². The largest absolute Gasteiger partial charge is 0.394 e. The standard InChI is InChI=1S/C25H32N4O9/c1-15(31)28-21-23(33)22(32)20(14-30)38-25(21)37-11-10-36-9-8-35-7-6-27-24(34)18-3-2-17-13-19(29-26)5-4-16(17)12-18/h2-5,12-13,20-23,25,30,32-33H,6-11,14H2,1H3,(H-,27,28,31,34)/p+1/t20?,21?,22-,23+,25+/m0/s1. The summed E-state index contributed by atoms with van der Waals surface area (Å²) in [5.74, 6) is -0.667. The van der Waals surface area contributed by atoms with Crippen molar-refractivity contribution in [3.8, 4) is 0 Å². The molecule has 1 heterocycles. The second kappa shape index (κ2) is 14.6. The molecule has 2 amide bonds. The Kier molecular flexibility index (Phi) is 11.3. The summed E-state index contributed by atoms with van der Waals surface area (Å²) in [7, 11) is 0. The number of benzene rings is 2. The minimum atomic E-state index is -1.37. The zero-order valence-electron chi connectivity index (χ0n) is 21.0. The second-order valence-corrected chi connectivity index (χ2v) is 8.63. The fourth-order valence-electron chi connectivity index (χ4n) is 3.93. The summed E-state index contributed by atoms with van der Waals surface area (Å²) in [6.45, 7) is 2.14. The van der Waals surface area contributed by atoms with Crippen LogP contribution in [0.3, 0.4) is 0 Å². The van der Waals surface area contributed by atoms with Crippen LogP contribution in [0, 0.1) is 5.39 Å². The van der Waals surface area contributed by atoms with Crippen LogP contribution < -0.4 is 10.6 Å². The first-order valence-electron chi connectivity index (χ1n) is 12.2. The first-order valence-corrected chi connectivity index (χ1v) is 12.2. The number of carbonyl (C=O) groups excluding carboxylic acids is 2. The van der Waals surface area contributed by atoms with Gasteiger partial charge in [-0.25, -0.2) is 0 Å². The van der Waals surface area contributed by atoms with Gasteiger partial charge in [0.05, 0.1) is 39.6 Å². The first kappa shape index (κ1) is 29.3. The first-order chi connectivity index (χ1) is 18.3. The predicted molar refractivity (Wildman–Crippen MR) is 134 cm³/mol. The van der Waals surface area contributed by atoms with Gasteiger partial charge in [0, 0.05) is 31.2 Å². The van der Waals surface area contributed by atoms with Crippen LogP contribution in [0.1, 0.15) is 17.3 Å². The third-order valence-electron chi connectivity index (χ3n) is 5.87. The van der Waals surface area contributed by atoms with Crippen LogP contribution in [-0.2, 0) is 23.7 Å². The van der Waals surface area contributed by atoms with Gasteiger partial charge in [-0.1, -0.05) is 6.07 Å². The van der Waals surface area contributed by atoms with E-state index in [0.717, 1.165) is 10.8 Å². The van der Waals surface area contributed by atoms with E-state index in [1.165, 1.54) is 6.92 Å². The molecule has 0 spiro atoms. The Morgan fingerprint density at radius 3 is 2.39 bits per heavy atom. The molecule has 2 aromatic carbocycles. The number of aliphatic hydroxyl groups excluding tert-OH is 3. The van der Waals surface area contributed by atoms with E-state index in [1.54, 1.807) is 36.4 Å². The maximum absolute atomic E-state index is 12.4. The number of diazo groups is 1. The summed E-state index contributed by atoms with van der Waals surface area (Å²) in [5.41, 5.74) is 0.943. The Labute approximate surface area is 219 Å². The molecule has 0 aliphatic carbocycles. The number of nitrogens with one attached hydrogen (secondary N) is 2. The van der Waals surface area contributed by atoms with Gasteiger partial charge in [0.25, 0.3) is 5.91 Å². The lowest BCUT2D eigenvalue weighted by Gasteiger charge is -2.42. The lowest BCUT2D eigenvalue weighted by atomic mass is 9.97. The van der Waals surface area contributed by atoms with E-state index in [-0.39, 0.29) is 38.9 Å². The lowest BCUT2D eigenvalue weighted by Crippen LogP contribution is -2.64. The minimum absolute atomic E-state index is 0.0691. The molecule has 1 saturated heterocycles. The molecule has 13 nitrogen and oxygen atoms in total. The zero-order valence-corrected chi connectivity index (χ0v) is 21.0. The summed E-state index contributed by atoms with van der Waals surface area (Å²) < 4.78 is 21.9. The molecule has 0 bridgehead atoms. The number of nitrogens with zero attached hydrogens (tertiary/aromatic N) is 2. The molecule has 1 aliphatic rings. The minimum Gasteiger partial charge on any atom is -0.394 e. The molecule has 1 aliphatic heterocycles. The fourth-order valence-corrected chi connectivity index (χ4v) is 3.93. The maximum Gasteiger partial charge on any atom is 0.385 e.